The Kier molecular flexibility index (Phi) is 8.93. The first kappa shape index (κ1) is 28.7. The van der Waals surface area contributed by atoms with E-state index in [1.54, 1.807) is 12.1 Å². The van der Waals surface area contributed by atoms with E-state index in [2.05, 4.69) is 27.1 Å². The van der Waals surface area contributed by atoms with Crippen molar-refractivity contribution in [2.45, 2.75) is 45.2 Å². The van der Waals surface area contributed by atoms with Gasteiger partial charge in [0, 0.05) is 42.2 Å². The van der Waals surface area contributed by atoms with Crippen molar-refractivity contribution in [1.29, 1.82) is 0 Å². The van der Waals surface area contributed by atoms with Crippen LogP contribution in [0.2, 0.25) is 0 Å². The van der Waals surface area contributed by atoms with Crippen molar-refractivity contribution in [3.8, 4) is 22.8 Å². The molecule has 41 heavy (non-hydrogen) atoms. The zero-order chi connectivity index (χ0) is 28.9. The number of aromatic nitrogens is 3. The number of alkyl halides is 1. The summed E-state index contributed by atoms with van der Waals surface area (Å²) in [7, 11) is 1.53. The summed E-state index contributed by atoms with van der Waals surface area (Å²) in [5.74, 6) is -0.122. The Labute approximate surface area is 241 Å². The molecule has 0 spiro atoms. The van der Waals surface area contributed by atoms with Crippen LogP contribution >= 0.6 is 11.3 Å². The number of carbonyl (C=O) groups is 2. The molecule has 218 valence electrons. The number of carboxylic acids is 1. The van der Waals surface area contributed by atoms with Gasteiger partial charge in [0.1, 0.15) is 23.0 Å². The number of rotatable bonds is 10. The van der Waals surface area contributed by atoms with Crippen LogP contribution in [0, 0.1) is 5.92 Å². The third kappa shape index (κ3) is 6.73. The van der Waals surface area contributed by atoms with Gasteiger partial charge >= 0.3 is 5.97 Å². The van der Waals surface area contributed by atoms with Crippen LogP contribution in [0.4, 0.5) is 15.3 Å². The zero-order valence-electron chi connectivity index (χ0n) is 23.0. The molecule has 0 unspecified atom stereocenters. The second-order valence-corrected chi connectivity index (χ2v) is 11.3. The smallest absolute Gasteiger partial charge is 0.306 e. The molecule has 2 saturated heterocycles. The summed E-state index contributed by atoms with van der Waals surface area (Å²) in [6.07, 6.45) is 6.28. The van der Waals surface area contributed by atoms with Crippen LogP contribution in [-0.4, -0.2) is 76.5 Å². The summed E-state index contributed by atoms with van der Waals surface area (Å²) in [5.41, 5.74) is 1.50. The maximum absolute atomic E-state index is 13.1. The molecule has 0 radical (unpaired) electrons. The number of anilines is 2. The highest BCUT2D eigenvalue weighted by molar-refractivity contribution is 7.16. The van der Waals surface area contributed by atoms with E-state index in [0.29, 0.717) is 72.2 Å². The topological polar surface area (TPSA) is 130 Å². The summed E-state index contributed by atoms with van der Waals surface area (Å²) in [6.45, 7) is 4.01. The number of nitrogens with zero attached hydrogens (tertiary/aromatic N) is 5. The minimum Gasteiger partial charge on any atom is -0.497 e. The van der Waals surface area contributed by atoms with Gasteiger partial charge in [0.15, 0.2) is 5.13 Å². The molecular formula is C28H33FN6O5S. The van der Waals surface area contributed by atoms with Crippen LogP contribution in [0.15, 0.2) is 30.6 Å². The Morgan fingerprint density at radius 2 is 1.90 bits per heavy atom. The molecule has 0 saturated carbocycles. The number of thiazole rings is 1. The fourth-order valence-electron chi connectivity index (χ4n) is 5.24. The van der Waals surface area contributed by atoms with E-state index in [1.165, 1.54) is 30.8 Å². The molecule has 2 N–H and O–H groups in total. The number of benzene rings is 1. The molecule has 1 aromatic carbocycles. The molecular weight excluding hydrogens is 551 g/mol. The molecule has 0 aliphatic carbocycles. The first-order valence-corrected chi connectivity index (χ1v) is 14.4. The fraction of sp³-hybridized carbons (Fsp3) is 0.464. The number of carbonyl (C=O) groups excluding carboxylic acids is 1. The minimum absolute atomic E-state index is 0.139. The molecule has 3 aromatic rings. The number of aliphatic carboxylic acids is 1. The van der Waals surface area contributed by atoms with Gasteiger partial charge in [-0.15, -0.1) is 0 Å². The summed E-state index contributed by atoms with van der Waals surface area (Å²) >= 11 is 1.38. The monoisotopic (exact) mass is 584 g/mol. The number of likely N-dealkylation sites (tertiary alicyclic amines) is 1. The third-order valence-corrected chi connectivity index (χ3v) is 8.56. The standard InChI is InChI=1S/C28H33FN6O5S/c1-17-4-3-7-35(17)15-23-25(19-10-20(39-2)12-21(11-19)40-16-29)32-28(41-23)33-26(36)22-13-31-24(14-30-22)34-8-5-18(6-9-34)27(37)38/h10-14,17-18H,3-9,15-16H2,1-2H3,(H,37,38)(H,32,33,36)/t17-/m1/s1. The van der Waals surface area contributed by atoms with Crippen molar-refractivity contribution >= 4 is 34.2 Å². The maximum atomic E-state index is 13.1. The molecule has 2 aliphatic rings. The van der Waals surface area contributed by atoms with E-state index in [1.807, 2.05) is 11.0 Å². The van der Waals surface area contributed by atoms with Gasteiger partial charge in [-0.2, -0.15) is 0 Å². The van der Waals surface area contributed by atoms with Crippen molar-refractivity contribution in [3.63, 3.8) is 0 Å². The number of piperidine rings is 1. The molecule has 0 bridgehead atoms. The molecule has 4 heterocycles. The van der Waals surface area contributed by atoms with Gasteiger partial charge in [0.05, 0.1) is 31.1 Å². The Hall–Kier alpha value is -3.84. The van der Waals surface area contributed by atoms with E-state index >= 15 is 0 Å². The lowest BCUT2D eigenvalue weighted by Crippen LogP contribution is -2.36. The molecule has 1 amide bonds. The molecule has 13 heteroatoms. The number of nitrogens with one attached hydrogen (secondary N) is 1. The molecule has 2 aromatic heterocycles. The SMILES string of the molecule is COc1cc(OCF)cc(-c2nc(NC(=O)c3cnc(N4CCC(C(=O)O)CC4)cn3)sc2CN2CCC[C@H]2C)c1. The fourth-order valence-corrected chi connectivity index (χ4v) is 6.25. The highest BCUT2D eigenvalue weighted by atomic mass is 32.1. The number of ether oxygens (including phenoxy) is 2. The van der Waals surface area contributed by atoms with Gasteiger partial charge in [0.25, 0.3) is 5.91 Å². The van der Waals surface area contributed by atoms with Gasteiger partial charge in [-0.05, 0) is 51.3 Å². The van der Waals surface area contributed by atoms with E-state index < -0.39 is 18.7 Å². The van der Waals surface area contributed by atoms with E-state index in [4.69, 9.17) is 14.5 Å². The molecule has 2 aliphatic heterocycles. The summed E-state index contributed by atoms with van der Waals surface area (Å²) in [5, 5.41) is 12.5. The first-order chi connectivity index (χ1) is 19.8. The number of amides is 1. The van der Waals surface area contributed by atoms with Gasteiger partial charge in [0.2, 0.25) is 6.86 Å². The third-order valence-electron chi connectivity index (χ3n) is 7.60. The number of methoxy groups -OCH3 is 1. The Morgan fingerprint density at radius 3 is 2.54 bits per heavy atom. The number of hydrogen-bond acceptors (Lipinski definition) is 10. The first-order valence-electron chi connectivity index (χ1n) is 13.6. The Morgan fingerprint density at radius 1 is 1.12 bits per heavy atom. The van der Waals surface area contributed by atoms with Crippen molar-refractivity contribution in [3.05, 3.63) is 41.2 Å². The zero-order valence-corrected chi connectivity index (χ0v) is 23.8. The lowest BCUT2D eigenvalue weighted by Gasteiger charge is -2.30. The lowest BCUT2D eigenvalue weighted by molar-refractivity contribution is -0.142. The molecule has 2 fully saturated rings. The number of carboxylic acid groups (broad SMARTS) is 1. The quantitative estimate of drug-likeness (QED) is 0.352. The Balaban J connectivity index is 1.35. The van der Waals surface area contributed by atoms with Crippen LogP contribution in [0.5, 0.6) is 11.5 Å². The van der Waals surface area contributed by atoms with Gasteiger partial charge < -0.3 is 19.5 Å². The van der Waals surface area contributed by atoms with Crippen molar-refractivity contribution in [1.82, 2.24) is 19.9 Å². The highest BCUT2D eigenvalue weighted by Crippen LogP contribution is 2.37. The normalized spacial score (nSPS) is 17.9. The highest BCUT2D eigenvalue weighted by Gasteiger charge is 2.27. The summed E-state index contributed by atoms with van der Waals surface area (Å²) in [6, 6.07) is 5.56. The van der Waals surface area contributed by atoms with Crippen LogP contribution < -0.4 is 19.7 Å². The molecule has 1 atom stereocenters. The second kappa shape index (κ2) is 12.8. The van der Waals surface area contributed by atoms with Crippen molar-refractivity contribution < 1.29 is 28.6 Å². The second-order valence-electron chi connectivity index (χ2n) is 10.2. The lowest BCUT2D eigenvalue weighted by atomic mass is 9.97. The van der Waals surface area contributed by atoms with E-state index in [9.17, 15) is 19.1 Å². The summed E-state index contributed by atoms with van der Waals surface area (Å²) in [4.78, 5) is 43.1. The van der Waals surface area contributed by atoms with Crippen molar-refractivity contribution in [2.75, 3.05) is 43.8 Å². The molecule has 5 rings (SSSR count). The van der Waals surface area contributed by atoms with Crippen LogP contribution in [0.3, 0.4) is 0 Å². The number of halogens is 1. The van der Waals surface area contributed by atoms with Gasteiger partial charge in [-0.25, -0.2) is 19.3 Å². The average Bonchev–Trinajstić information content (AvgIpc) is 3.58. The van der Waals surface area contributed by atoms with Crippen LogP contribution in [-0.2, 0) is 11.3 Å². The van der Waals surface area contributed by atoms with Gasteiger partial charge in [-0.1, -0.05) is 11.3 Å². The van der Waals surface area contributed by atoms with E-state index in [0.717, 1.165) is 24.3 Å². The predicted molar refractivity (Wildman–Crippen MR) is 152 cm³/mol. The average molecular weight is 585 g/mol. The maximum Gasteiger partial charge on any atom is 0.306 e. The van der Waals surface area contributed by atoms with E-state index in [-0.39, 0.29) is 11.6 Å². The van der Waals surface area contributed by atoms with Crippen LogP contribution in [0.1, 0.15) is 48.0 Å². The minimum atomic E-state index is -0.969. The Bertz CT molecular complexity index is 1380. The largest absolute Gasteiger partial charge is 0.497 e. The number of hydrogen-bond donors (Lipinski definition) is 2. The molecule has 11 nitrogen and oxygen atoms in total. The van der Waals surface area contributed by atoms with Gasteiger partial charge in [-0.3, -0.25) is 19.8 Å². The summed E-state index contributed by atoms with van der Waals surface area (Å²) < 4.78 is 23.5. The van der Waals surface area contributed by atoms with Crippen LogP contribution in [0.25, 0.3) is 11.3 Å². The predicted octanol–water partition coefficient (Wildman–Crippen LogP) is 4.45. The van der Waals surface area contributed by atoms with Crippen molar-refractivity contribution in [2.24, 2.45) is 5.92 Å².